The van der Waals surface area contributed by atoms with Gasteiger partial charge in [-0.15, -0.1) is 0 Å². The first-order valence-corrected chi connectivity index (χ1v) is 8.67. The van der Waals surface area contributed by atoms with E-state index in [4.69, 9.17) is 9.47 Å². The molecule has 0 atom stereocenters. The van der Waals surface area contributed by atoms with E-state index in [1.54, 1.807) is 67.6 Å². The van der Waals surface area contributed by atoms with Gasteiger partial charge in [-0.25, -0.2) is 8.78 Å². The second-order valence-corrected chi connectivity index (χ2v) is 5.77. The van der Waals surface area contributed by atoms with Gasteiger partial charge in [-0.1, -0.05) is 30.3 Å². The molecule has 0 spiro atoms. The maximum atomic E-state index is 15.1. The molecule has 3 aromatic carbocycles. The summed E-state index contributed by atoms with van der Waals surface area (Å²) in [4.78, 5) is 0. The average Bonchev–Trinajstić information content (AvgIpc) is 2.74. The Morgan fingerprint density at radius 3 is 2.17 bits per heavy atom. The summed E-state index contributed by atoms with van der Waals surface area (Å²) in [5.41, 5.74) is -1.49. The van der Waals surface area contributed by atoms with E-state index in [9.17, 15) is 10.5 Å². The Morgan fingerprint density at radius 2 is 1.52 bits per heavy atom. The molecule has 3 rings (SSSR count). The molecule has 0 saturated heterocycles. The zero-order valence-electron chi connectivity index (χ0n) is 15.4. The lowest BCUT2D eigenvalue weighted by Gasteiger charge is -2.18. The van der Waals surface area contributed by atoms with Gasteiger partial charge in [-0.05, 0) is 31.2 Å². The summed E-state index contributed by atoms with van der Waals surface area (Å²) in [6.07, 6.45) is 0. The van der Waals surface area contributed by atoms with E-state index in [0.717, 1.165) is 0 Å². The van der Waals surface area contributed by atoms with Gasteiger partial charge in [-0.2, -0.15) is 10.5 Å². The molecule has 29 heavy (non-hydrogen) atoms. The highest BCUT2D eigenvalue weighted by atomic mass is 19.1. The molecule has 0 bridgehead atoms. The molecule has 0 unspecified atom stereocenters. The van der Waals surface area contributed by atoms with Crippen LogP contribution in [-0.2, 0) is 0 Å². The van der Waals surface area contributed by atoms with E-state index >= 15 is 8.78 Å². The maximum absolute atomic E-state index is 15.1. The van der Waals surface area contributed by atoms with Crippen molar-refractivity contribution in [2.24, 2.45) is 0 Å². The molecular formula is C22H15F2N3O2. The van der Waals surface area contributed by atoms with Gasteiger partial charge in [-0.3, -0.25) is 0 Å². The van der Waals surface area contributed by atoms with Crippen molar-refractivity contribution in [1.29, 1.82) is 10.5 Å². The molecule has 0 heterocycles. The van der Waals surface area contributed by atoms with Crippen LogP contribution in [0.25, 0.3) is 0 Å². The quantitative estimate of drug-likeness (QED) is 0.588. The zero-order valence-corrected chi connectivity index (χ0v) is 15.4. The number of hydrogen-bond acceptors (Lipinski definition) is 5. The maximum Gasteiger partial charge on any atom is 0.190 e. The molecule has 0 aromatic heterocycles. The van der Waals surface area contributed by atoms with Crippen molar-refractivity contribution in [2.45, 2.75) is 6.92 Å². The standard InChI is InChI=1S/C22H15F2N3O2/c1-2-28-18-11-7-6-10-17(18)27-21-19(23)15(12-25)16(13-26)20(24)22(21)29-14-8-4-3-5-9-14/h3-11,27H,2H2,1H3. The first kappa shape index (κ1) is 19.7. The van der Waals surface area contributed by atoms with E-state index in [2.05, 4.69) is 5.32 Å². The highest BCUT2D eigenvalue weighted by molar-refractivity contribution is 5.75. The lowest BCUT2D eigenvalue weighted by Crippen LogP contribution is -2.07. The van der Waals surface area contributed by atoms with E-state index in [1.807, 2.05) is 0 Å². The fourth-order valence-electron chi connectivity index (χ4n) is 2.68. The van der Waals surface area contributed by atoms with Crippen LogP contribution in [0.3, 0.4) is 0 Å². The van der Waals surface area contributed by atoms with E-state index in [0.29, 0.717) is 18.0 Å². The van der Waals surface area contributed by atoms with E-state index in [1.165, 1.54) is 6.07 Å². The highest BCUT2D eigenvalue weighted by Crippen LogP contribution is 2.41. The molecule has 0 aliphatic rings. The molecule has 0 amide bonds. The van der Waals surface area contributed by atoms with E-state index in [-0.39, 0.29) is 5.75 Å². The molecule has 0 aliphatic carbocycles. The number of para-hydroxylation sites is 3. The van der Waals surface area contributed by atoms with Crippen molar-refractivity contribution in [3.05, 3.63) is 77.4 Å². The third-order valence-electron chi connectivity index (χ3n) is 3.97. The normalized spacial score (nSPS) is 9.97. The van der Waals surface area contributed by atoms with Crippen LogP contribution < -0.4 is 14.8 Å². The van der Waals surface area contributed by atoms with Gasteiger partial charge < -0.3 is 14.8 Å². The van der Waals surface area contributed by atoms with Gasteiger partial charge in [0.15, 0.2) is 17.4 Å². The first-order valence-electron chi connectivity index (χ1n) is 8.67. The molecule has 7 heteroatoms. The van der Waals surface area contributed by atoms with Crippen LogP contribution in [-0.4, -0.2) is 6.61 Å². The van der Waals surface area contributed by atoms with Crippen LogP contribution >= 0.6 is 0 Å². The minimum absolute atomic E-state index is 0.237. The SMILES string of the molecule is CCOc1ccccc1Nc1c(F)c(C#N)c(C#N)c(F)c1Oc1ccccc1. The lowest BCUT2D eigenvalue weighted by molar-refractivity contribution is 0.342. The Bertz CT molecular complexity index is 1120. The summed E-state index contributed by atoms with van der Waals surface area (Å²) in [6, 6.07) is 17.9. The Labute approximate surface area is 166 Å². The predicted octanol–water partition coefficient (Wildman–Crippen LogP) is 5.64. The second-order valence-electron chi connectivity index (χ2n) is 5.77. The largest absolute Gasteiger partial charge is 0.492 e. The smallest absolute Gasteiger partial charge is 0.190 e. The van der Waals surface area contributed by atoms with Gasteiger partial charge in [0.2, 0.25) is 0 Å². The van der Waals surface area contributed by atoms with Crippen LogP contribution in [0, 0.1) is 34.3 Å². The Hall–Kier alpha value is -4.10. The second kappa shape index (κ2) is 8.73. The van der Waals surface area contributed by atoms with Crippen LogP contribution in [0.4, 0.5) is 20.2 Å². The molecule has 5 nitrogen and oxygen atoms in total. The Balaban J connectivity index is 2.20. The Kier molecular flexibility index (Phi) is 5.91. The predicted molar refractivity (Wildman–Crippen MR) is 103 cm³/mol. The van der Waals surface area contributed by atoms with Gasteiger partial charge in [0.05, 0.1) is 12.3 Å². The van der Waals surface area contributed by atoms with Crippen LogP contribution in [0.5, 0.6) is 17.2 Å². The highest BCUT2D eigenvalue weighted by Gasteiger charge is 2.27. The number of ether oxygens (including phenoxy) is 2. The number of anilines is 2. The number of rotatable bonds is 6. The van der Waals surface area contributed by atoms with Crippen molar-refractivity contribution >= 4 is 11.4 Å². The number of nitriles is 2. The Morgan fingerprint density at radius 1 is 0.897 bits per heavy atom. The third kappa shape index (κ3) is 3.95. The molecule has 3 aromatic rings. The summed E-state index contributed by atoms with van der Waals surface area (Å²) in [5, 5.41) is 21.3. The van der Waals surface area contributed by atoms with Crippen LogP contribution in [0.15, 0.2) is 54.6 Å². The molecule has 0 saturated carbocycles. The number of nitrogens with zero attached hydrogens (tertiary/aromatic N) is 2. The van der Waals surface area contributed by atoms with Crippen molar-refractivity contribution in [3.8, 4) is 29.4 Å². The average molecular weight is 391 g/mol. The third-order valence-corrected chi connectivity index (χ3v) is 3.97. The molecule has 0 radical (unpaired) electrons. The van der Waals surface area contributed by atoms with E-state index < -0.39 is 34.2 Å². The van der Waals surface area contributed by atoms with Crippen molar-refractivity contribution in [3.63, 3.8) is 0 Å². The number of halogens is 2. The lowest BCUT2D eigenvalue weighted by atomic mass is 10.0. The molecule has 0 fully saturated rings. The molecule has 144 valence electrons. The topological polar surface area (TPSA) is 78.1 Å². The summed E-state index contributed by atoms with van der Waals surface area (Å²) in [7, 11) is 0. The summed E-state index contributed by atoms with van der Waals surface area (Å²) in [6.45, 7) is 2.15. The van der Waals surface area contributed by atoms with Gasteiger partial charge in [0.25, 0.3) is 0 Å². The minimum Gasteiger partial charge on any atom is -0.492 e. The van der Waals surface area contributed by atoms with Gasteiger partial charge >= 0.3 is 0 Å². The fourth-order valence-corrected chi connectivity index (χ4v) is 2.68. The van der Waals surface area contributed by atoms with Crippen LogP contribution in [0.2, 0.25) is 0 Å². The van der Waals surface area contributed by atoms with Gasteiger partial charge in [0.1, 0.15) is 40.5 Å². The van der Waals surface area contributed by atoms with Crippen molar-refractivity contribution < 1.29 is 18.3 Å². The van der Waals surface area contributed by atoms with Crippen LogP contribution in [0.1, 0.15) is 18.1 Å². The minimum atomic E-state index is -1.13. The molecule has 1 N–H and O–H groups in total. The monoisotopic (exact) mass is 391 g/mol. The molecule has 0 aliphatic heterocycles. The first-order chi connectivity index (χ1) is 14.1. The molecular weight excluding hydrogens is 376 g/mol. The number of benzene rings is 3. The van der Waals surface area contributed by atoms with Crippen molar-refractivity contribution in [2.75, 3.05) is 11.9 Å². The summed E-state index contributed by atoms with van der Waals surface area (Å²) < 4.78 is 41.3. The fraction of sp³-hybridized carbons (Fsp3) is 0.0909. The number of hydrogen-bond donors (Lipinski definition) is 1. The van der Waals surface area contributed by atoms with Gasteiger partial charge in [0, 0.05) is 0 Å². The summed E-state index contributed by atoms with van der Waals surface area (Å²) >= 11 is 0. The number of nitrogens with one attached hydrogen (secondary N) is 1. The van der Waals surface area contributed by atoms with Crippen molar-refractivity contribution in [1.82, 2.24) is 0 Å². The summed E-state index contributed by atoms with van der Waals surface area (Å²) in [5.74, 6) is -2.12. The zero-order chi connectivity index (χ0) is 20.8.